The van der Waals surface area contributed by atoms with Crippen molar-refractivity contribution in [3.05, 3.63) is 53.3 Å². The fourth-order valence-corrected chi connectivity index (χ4v) is 4.61. The third-order valence-electron chi connectivity index (χ3n) is 5.88. The zero-order valence-electron chi connectivity index (χ0n) is 17.9. The maximum absolute atomic E-state index is 14.0. The lowest BCUT2D eigenvalue weighted by atomic mass is 10.1. The Bertz CT molecular complexity index is 1200. The van der Waals surface area contributed by atoms with Crippen LogP contribution in [0.25, 0.3) is 0 Å². The van der Waals surface area contributed by atoms with Crippen molar-refractivity contribution in [1.82, 2.24) is 4.90 Å². The van der Waals surface area contributed by atoms with Crippen LogP contribution in [0, 0.1) is 17.1 Å². The number of nitrogens with zero attached hydrogens (tertiary/aromatic N) is 4. The van der Waals surface area contributed by atoms with E-state index in [1.807, 2.05) is 9.80 Å². The number of benzene rings is 2. The molecule has 9 nitrogen and oxygen atoms in total. The minimum absolute atomic E-state index is 0.0158. The highest BCUT2D eigenvalue weighted by Gasteiger charge is 2.28. The van der Waals surface area contributed by atoms with Crippen LogP contribution in [-0.4, -0.2) is 71.7 Å². The molecule has 2 saturated heterocycles. The number of carbonyl (C=O) groups is 1. The Labute approximate surface area is 191 Å². The monoisotopic (exact) mass is 473 g/mol. The summed E-state index contributed by atoms with van der Waals surface area (Å²) in [6.07, 6.45) is 0. The lowest BCUT2D eigenvalue weighted by Crippen LogP contribution is -2.49. The summed E-state index contributed by atoms with van der Waals surface area (Å²) in [4.78, 5) is 18.9. The van der Waals surface area contributed by atoms with Crippen molar-refractivity contribution in [3.8, 4) is 6.07 Å². The van der Waals surface area contributed by atoms with E-state index in [0.29, 0.717) is 63.9 Å². The van der Waals surface area contributed by atoms with Gasteiger partial charge in [0.15, 0.2) is 0 Å². The van der Waals surface area contributed by atoms with Gasteiger partial charge >= 0.3 is 0 Å². The molecule has 0 atom stereocenters. The SMILES string of the molecule is N#Cc1ccc(N2CCN(C(=O)c3cc(S(N)(=O)=O)ccc3N3CCOCC3)CC2)cc1F. The van der Waals surface area contributed by atoms with Gasteiger partial charge < -0.3 is 19.4 Å². The smallest absolute Gasteiger partial charge is 0.256 e. The number of sulfonamides is 1. The van der Waals surface area contributed by atoms with Crippen LogP contribution in [0.4, 0.5) is 15.8 Å². The van der Waals surface area contributed by atoms with E-state index in [1.165, 1.54) is 24.3 Å². The lowest BCUT2D eigenvalue weighted by molar-refractivity contribution is 0.0746. The first kappa shape index (κ1) is 23.0. The second-order valence-corrected chi connectivity index (χ2v) is 9.44. The average Bonchev–Trinajstić information content (AvgIpc) is 2.83. The second-order valence-electron chi connectivity index (χ2n) is 7.88. The Hall–Kier alpha value is -3.20. The molecule has 2 aromatic carbocycles. The van der Waals surface area contributed by atoms with E-state index in [2.05, 4.69) is 0 Å². The summed E-state index contributed by atoms with van der Waals surface area (Å²) in [5.74, 6) is -0.865. The highest BCUT2D eigenvalue weighted by atomic mass is 32.2. The lowest BCUT2D eigenvalue weighted by Gasteiger charge is -2.37. The van der Waals surface area contributed by atoms with Gasteiger partial charge in [0.25, 0.3) is 5.91 Å². The number of rotatable bonds is 4. The number of primary sulfonamides is 1. The number of halogens is 1. The van der Waals surface area contributed by atoms with Gasteiger partial charge in [0.1, 0.15) is 11.9 Å². The van der Waals surface area contributed by atoms with Gasteiger partial charge in [-0.05, 0) is 36.4 Å². The predicted molar refractivity (Wildman–Crippen MR) is 120 cm³/mol. The molecule has 11 heteroatoms. The molecule has 174 valence electrons. The van der Waals surface area contributed by atoms with Gasteiger partial charge in [-0.3, -0.25) is 4.79 Å². The maximum atomic E-state index is 14.0. The Morgan fingerprint density at radius 3 is 2.30 bits per heavy atom. The number of piperazine rings is 1. The van der Waals surface area contributed by atoms with Crippen LogP contribution in [0.1, 0.15) is 15.9 Å². The summed E-state index contributed by atoms with van der Waals surface area (Å²) >= 11 is 0. The first-order valence-corrected chi connectivity index (χ1v) is 12.1. The molecule has 2 N–H and O–H groups in total. The molecule has 0 spiro atoms. The Morgan fingerprint density at radius 2 is 1.70 bits per heavy atom. The zero-order chi connectivity index (χ0) is 23.6. The third kappa shape index (κ3) is 4.93. The van der Waals surface area contributed by atoms with Gasteiger partial charge in [-0.25, -0.2) is 17.9 Å². The van der Waals surface area contributed by atoms with Crippen LogP contribution in [-0.2, 0) is 14.8 Å². The number of hydrogen-bond donors (Lipinski definition) is 1. The highest BCUT2D eigenvalue weighted by molar-refractivity contribution is 7.89. The number of nitrogens with two attached hydrogens (primary N) is 1. The molecular formula is C22H24FN5O4S. The summed E-state index contributed by atoms with van der Waals surface area (Å²) in [6.45, 7) is 3.91. The summed E-state index contributed by atoms with van der Waals surface area (Å²) in [5.41, 5.74) is 1.55. The first-order chi connectivity index (χ1) is 15.8. The number of ether oxygens (including phenoxy) is 1. The van der Waals surface area contributed by atoms with Crippen molar-refractivity contribution in [2.24, 2.45) is 5.14 Å². The Kier molecular flexibility index (Phi) is 6.51. The van der Waals surface area contributed by atoms with Crippen molar-refractivity contribution >= 4 is 27.3 Å². The predicted octanol–water partition coefficient (Wildman–Crippen LogP) is 1.14. The molecule has 0 unspecified atom stereocenters. The van der Waals surface area contributed by atoms with E-state index >= 15 is 0 Å². The molecule has 2 aliphatic heterocycles. The van der Waals surface area contributed by atoms with Crippen molar-refractivity contribution in [2.75, 3.05) is 62.3 Å². The number of amides is 1. The Balaban J connectivity index is 1.55. The van der Waals surface area contributed by atoms with Crippen LogP contribution >= 0.6 is 0 Å². The maximum Gasteiger partial charge on any atom is 0.256 e. The first-order valence-electron chi connectivity index (χ1n) is 10.5. The topological polar surface area (TPSA) is 120 Å². The quantitative estimate of drug-likeness (QED) is 0.707. The summed E-state index contributed by atoms with van der Waals surface area (Å²) < 4.78 is 43.2. The molecule has 2 aromatic rings. The molecule has 0 radical (unpaired) electrons. The number of nitriles is 1. The van der Waals surface area contributed by atoms with E-state index in [0.717, 1.165) is 0 Å². The molecular weight excluding hydrogens is 449 g/mol. The fourth-order valence-electron chi connectivity index (χ4n) is 4.07. The van der Waals surface area contributed by atoms with E-state index < -0.39 is 15.8 Å². The number of hydrogen-bond acceptors (Lipinski definition) is 7. The Morgan fingerprint density at radius 1 is 1.00 bits per heavy atom. The van der Waals surface area contributed by atoms with Gasteiger partial charge in [0.2, 0.25) is 10.0 Å². The molecule has 0 aromatic heterocycles. The van der Waals surface area contributed by atoms with E-state index in [-0.39, 0.29) is 21.9 Å². The zero-order valence-corrected chi connectivity index (χ0v) is 18.7. The molecule has 0 saturated carbocycles. The minimum Gasteiger partial charge on any atom is -0.378 e. The number of anilines is 2. The number of morpholine rings is 1. The molecule has 2 fully saturated rings. The standard InChI is InChI=1S/C22H24FN5O4S/c23-20-13-17(2-1-16(20)15-24)26-5-7-28(8-6-26)22(29)19-14-18(33(25,30)31)3-4-21(19)27-9-11-32-12-10-27/h1-4,13-14H,5-12H2,(H2,25,30,31). The molecule has 4 rings (SSSR count). The third-order valence-corrected chi connectivity index (χ3v) is 6.79. The largest absolute Gasteiger partial charge is 0.378 e. The molecule has 0 aliphatic carbocycles. The molecule has 2 aliphatic rings. The van der Waals surface area contributed by atoms with Crippen molar-refractivity contribution in [1.29, 1.82) is 5.26 Å². The van der Waals surface area contributed by atoms with Crippen molar-refractivity contribution < 1.29 is 22.3 Å². The van der Waals surface area contributed by atoms with Gasteiger partial charge in [-0.1, -0.05) is 0 Å². The highest BCUT2D eigenvalue weighted by Crippen LogP contribution is 2.27. The summed E-state index contributed by atoms with van der Waals surface area (Å²) in [5, 5.41) is 14.2. The van der Waals surface area contributed by atoms with Gasteiger partial charge in [0, 0.05) is 50.6 Å². The van der Waals surface area contributed by atoms with Gasteiger partial charge in [-0.15, -0.1) is 0 Å². The van der Waals surface area contributed by atoms with E-state index in [9.17, 15) is 17.6 Å². The van der Waals surface area contributed by atoms with Crippen LogP contribution < -0.4 is 14.9 Å². The van der Waals surface area contributed by atoms with Crippen LogP contribution in [0.5, 0.6) is 0 Å². The van der Waals surface area contributed by atoms with Crippen molar-refractivity contribution in [2.45, 2.75) is 4.90 Å². The molecule has 0 bridgehead atoms. The number of carbonyl (C=O) groups excluding carboxylic acids is 1. The normalized spacial score (nSPS) is 17.1. The molecule has 2 heterocycles. The van der Waals surface area contributed by atoms with Crippen LogP contribution in [0.3, 0.4) is 0 Å². The van der Waals surface area contributed by atoms with E-state index in [1.54, 1.807) is 23.1 Å². The van der Waals surface area contributed by atoms with E-state index in [4.69, 9.17) is 15.1 Å². The van der Waals surface area contributed by atoms with Gasteiger partial charge in [-0.2, -0.15) is 5.26 Å². The summed E-state index contributed by atoms with van der Waals surface area (Å²) in [6, 6.07) is 10.6. The fraction of sp³-hybridized carbons (Fsp3) is 0.364. The van der Waals surface area contributed by atoms with Crippen LogP contribution in [0.2, 0.25) is 0 Å². The second kappa shape index (κ2) is 9.35. The summed E-state index contributed by atoms with van der Waals surface area (Å²) in [7, 11) is -3.97. The van der Waals surface area contributed by atoms with Crippen molar-refractivity contribution in [3.63, 3.8) is 0 Å². The average molecular weight is 474 g/mol. The molecule has 33 heavy (non-hydrogen) atoms. The molecule has 1 amide bonds. The minimum atomic E-state index is -3.97. The van der Waals surface area contributed by atoms with Gasteiger partial charge in [0.05, 0.1) is 29.2 Å². The van der Waals surface area contributed by atoms with Crippen LogP contribution in [0.15, 0.2) is 41.3 Å².